The zero-order valence-electron chi connectivity index (χ0n) is 22.3. The number of likely N-dealkylation sites (tertiary alicyclic amines) is 1. The van der Waals surface area contributed by atoms with E-state index >= 15 is 0 Å². The molecule has 1 fully saturated rings. The van der Waals surface area contributed by atoms with Crippen molar-refractivity contribution < 1.29 is 13.2 Å². The summed E-state index contributed by atoms with van der Waals surface area (Å²) in [6.45, 7) is 8.93. The number of rotatable bonds is 11. The number of hydrogen-bond donors (Lipinski definition) is 2. The van der Waals surface area contributed by atoms with Crippen molar-refractivity contribution in [1.29, 1.82) is 0 Å². The van der Waals surface area contributed by atoms with Crippen molar-refractivity contribution in [3.05, 3.63) is 122 Å². The number of nitrogens with one attached hydrogen (secondary N) is 2. The molecule has 2 aromatic carbocycles. The first-order valence-electron chi connectivity index (χ1n) is 13.1. The Labute approximate surface area is 232 Å². The van der Waals surface area contributed by atoms with Gasteiger partial charge in [-0.25, -0.2) is 13.1 Å². The van der Waals surface area contributed by atoms with Gasteiger partial charge in [0.05, 0.1) is 11.4 Å². The monoisotopic (exact) mass is 546 g/mol. The Kier molecular flexibility index (Phi) is 12.1. The second-order valence-corrected chi connectivity index (χ2v) is 11.1. The van der Waals surface area contributed by atoms with Crippen LogP contribution in [0.3, 0.4) is 0 Å². The van der Waals surface area contributed by atoms with Gasteiger partial charge in [-0.3, -0.25) is 14.7 Å². The molecule has 1 unspecified atom stereocenters. The molecule has 0 saturated carbocycles. The van der Waals surface area contributed by atoms with Crippen LogP contribution < -0.4 is 10.0 Å². The first kappa shape index (κ1) is 30.0. The number of allylic oxidation sites excluding steroid dienone is 2. The Morgan fingerprint density at radius 3 is 2.21 bits per heavy atom. The Balaban J connectivity index is 0.000000983. The van der Waals surface area contributed by atoms with Gasteiger partial charge in [0.1, 0.15) is 0 Å². The van der Waals surface area contributed by atoms with Crippen LogP contribution in [0.15, 0.2) is 115 Å². The van der Waals surface area contributed by atoms with Gasteiger partial charge < -0.3 is 5.32 Å². The van der Waals surface area contributed by atoms with E-state index < -0.39 is 10.0 Å². The zero-order valence-corrected chi connectivity index (χ0v) is 23.1. The van der Waals surface area contributed by atoms with Crippen molar-refractivity contribution in [1.82, 2.24) is 19.9 Å². The minimum absolute atomic E-state index is 0.0135. The normalized spacial score (nSPS) is 14.9. The lowest BCUT2D eigenvalue weighted by Gasteiger charge is -2.31. The van der Waals surface area contributed by atoms with E-state index in [0.717, 1.165) is 12.0 Å². The van der Waals surface area contributed by atoms with Crippen LogP contribution in [-0.2, 0) is 21.2 Å². The van der Waals surface area contributed by atoms with Crippen molar-refractivity contribution in [2.45, 2.75) is 36.1 Å². The maximum absolute atomic E-state index is 12.7. The highest BCUT2D eigenvalue weighted by molar-refractivity contribution is 7.89. The third kappa shape index (κ3) is 10.2. The molecule has 3 aromatic rings. The minimum atomic E-state index is -3.52. The van der Waals surface area contributed by atoms with Gasteiger partial charge in [0.25, 0.3) is 0 Å². The second kappa shape index (κ2) is 15.7. The molecule has 1 aliphatic heterocycles. The first-order valence-corrected chi connectivity index (χ1v) is 14.6. The Hall–Kier alpha value is -3.59. The molecular weight excluding hydrogens is 508 g/mol. The van der Waals surface area contributed by atoms with Crippen LogP contribution in [0.2, 0.25) is 0 Å². The van der Waals surface area contributed by atoms with Crippen molar-refractivity contribution in [2.75, 3.05) is 26.2 Å². The number of pyridine rings is 1. The molecule has 1 aromatic heterocycles. The maximum Gasteiger partial charge on any atom is 0.240 e. The molecule has 206 valence electrons. The third-order valence-corrected chi connectivity index (χ3v) is 8.05. The number of sulfonamides is 1. The lowest BCUT2D eigenvalue weighted by Crippen LogP contribution is -2.47. The number of piperidine rings is 1. The molecule has 1 atom stereocenters. The van der Waals surface area contributed by atoms with E-state index in [0.29, 0.717) is 39.0 Å². The predicted molar refractivity (Wildman–Crippen MR) is 157 cm³/mol. The van der Waals surface area contributed by atoms with E-state index in [1.165, 1.54) is 5.56 Å². The summed E-state index contributed by atoms with van der Waals surface area (Å²) in [5, 5.41) is 3.11. The molecule has 1 saturated heterocycles. The zero-order chi connectivity index (χ0) is 27.9. The summed E-state index contributed by atoms with van der Waals surface area (Å²) in [7, 11) is -3.52. The summed E-state index contributed by atoms with van der Waals surface area (Å²) in [5.74, 6) is 0.142. The number of amides is 1. The van der Waals surface area contributed by atoms with Gasteiger partial charge in [-0.2, -0.15) is 0 Å². The van der Waals surface area contributed by atoms with Crippen LogP contribution in [-0.4, -0.2) is 56.4 Å². The van der Waals surface area contributed by atoms with E-state index in [2.05, 4.69) is 51.3 Å². The van der Waals surface area contributed by atoms with E-state index in [-0.39, 0.29) is 22.8 Å². The average Bonchev–Trinajstić information content (AvgIpc) is 2.98. The summed E-state index contributed by atoms with van der Waals surface area (Å²) in [5.41, 5.74) is 2.32. The number of aromatic nitrogens is 1. The number of hydrogen-bond acceptors (Lipinski definition) is 5. The molecule has 2 N–H and O–H groups in total. The van der Waals surface area contributed by atoms with Crippen LogP contribution in [0.25, 0.3) is 0 Å². The molecule has 1 aliphatic rings. The largest absolute Gasteiger partial charge is 0.354 e. The fourth-order valence-electron chi connectivity index (χ4n) is 4.43. The SMILES string of the molecule is C=CC=C.O=C(CN1CCC(NS(=O)(=O)c2ccccc2)CC1)NCC(Cc1cccnc1)c1ccccc1. The van der Waals surface area contributed by atoms with Crippen molar-refractivity contribution in [3.8, 4) is 0 Å². The molecule has 0 bridgehead atoms. The highest BCUT2D eigenvalue weighted by atomic mass is 32.2. The number of carbonyl (C=O) groups is 1. The molecule has 4 rings (SSSR count). The lowest BCUT2D eigenvalue weighted by molar-refractivity contribution is -0.122. The molecule has 0 aliphatic carbocycles. The molecule has 0 spiro atoms. The number of benzene rings is 2. The fraction of sp³-hybridized carbons (Fsp3) is 0.290. The topological polar surface area (TPSA) is 91.4 Å². The standard InChI is InChI=1S/C27H32N4O3S.C4H6/c32-27(29-20-24(23-9-3-1-4-10-23)18-22-8-7-15-28-19-22)21-31-16-13-25(14-17-31)30-35(33,34)26-11-5-2-6-12-26;1-3-4-2/h1-12,15,19,24-25,30H,13-14,16-18,20-21H2,(H,29,32);3-4H,1-2H2. The van der Waals surface area contributed by atoms with Gasteiger partial charge in [-0.05, 0) is 48.6 Å². The van der Waals surface area contributed by atoms with Crippen molar-refractivity contribution in [3.63, 3.8) is 0 Å². The summed E-state index contributed by atoms with van der Waals surface area (Å²) >= 11 is 0. The van der Waals surface area contributed by atoms with Gasteiger partial charge in [0, 0.05) is 44.0 Å². The van der Waals surface area contributed by atoms with Crippen LogP contribution in [0, 0.1) is 0 Å². The molecule has 1 amide bonds. The summed E-state index contributed by atoms with van der Waals surface area (Å²) in [6, 6.07) is 22.5. The van der Waals surface area contributed by atoms with Crippen LogP contribution in [0.4, 0.5) is 0 Å². The van der Waals surface area contributed by atoms with Gasteiger partial charge in [0.15, 0.2) is 0 Å². The Morgan fingerprint density at radius 1 is 0.974 bits per heavy atom. The van der Waals surface area contributed by atoms with Gasteiger partial charge in [-0.1, -0.05) is 79.9 Å². The first-order chi connectivity index (χ1) is 18.9. The molecule has 8 heteroatoms. The quantitative estimate of drug-likeness (QED) is 0.350. The average molecular weight is 547 g/mol. The van der Waals surface area contributed by atoms with Crippen LogP contribution >= 0.6 is 0 Å². The summed E-state index contributed by atoms with van der Waals surface area (Å²) in [4.78, 5) is 19.3. The van der Waals surface area contributed by atoms with E-state index in [1.807, 2.05) is 30.5 Å². The summed E-state index contributed by atoms with van der Waals surface area (Å²) in [6.07, 6.45) is 9.05. The van der Waals surface area contributed by atoms with E-state index in [4.69, 9.17) is 0 Å². The van der Waals surface area contributed by atoms with Crippen molar-refractivity contribution >= 4 is 15.9 Å². The number of nitrogens with zero attached hydrogens (tertiary/aromatic N) is 2. The Bertz CT molecular complexity index is 1250. The van der Waals surface area contributed by atoms with Crippen LogP contribution in [0.5, 0.6) is 0 Å². The maximum atomic E-state index is 12.7. The predicted octanol–water partition coefficient (Wildman–Crippen LogP) is 4.33. The van der Waals surface area contributed by atoms with Gasteiger partial charge >= 0.3 is 0 Å². The highest BCUT2D eigenvalue weighted by Crippen LogP contribution is 2.20. The van der Waals surface area contributed by atoms with Gasteiger partial charge in [0.2, 0.25) is 15.9 Å². The summed E-state index contributed by atoms with van der Waals surface area (Å²) < 4.78 is 27.9. The minimum Gasteiger partial charge on any atom is -0.354 e. The second-order valence-electron chi connectivity index (χ2n) is 9.43. The Morgan fingerprint density at radius 2 is 1.62 bits per heavy atom. The highest BCUT2D eigenvalue weighted by Gasteiger charge is 2.25. The molecule has 39 heavy (non-hydrogen) atoms. The molecule has 2 heterocycles. The molecule has 7 nitrogen and oxygen atoms in total. The molecule has 0 radical (unpaired) electrons. The van der Waals surface area contributed by atoms with E-state index in [1.54, 1.807) is 48.7 Å². The number of carbonyl (C=O) groups excluding carboxylic acids is 1. The third-order valence-electron chi connectivity index (χ3n) is 6.52. The van der Waals surface area contributed by atoms with Crippen LogP contribution in [0.1, 0.15) is 29.9 Å². The van der Waals surface area contributed by atoms with Gasteiger partial charge in [-0.15, -0.1) is 0 Å². The van der Waals surface area contributed by atoms with Crippen molar-refractivity contribution in [2.24, 2.45) is 0 Å². The fourth-order valence-corrected chi connectivity index (χ4v) is 5.75. The smallest absolute Gasteiger partial charge is 0.240 e. The van der Waals surface area contributed by atoms with E-state index in [9.17, 15) is 13.2 Å². The molecular formula is C31H38N4O3S. The lowest BCUT2D eigenvalue weighted by atomic mass is 9.92.